The van der Waals surface area contributed by atoms with E-state index in [9.17, 15) is 4.79 Å². The first-order chi connectivity index (χ1) is 10.1. The average Bonchev–Trinajstić information content (AvgIpc) is 2.93. The Kier molecular flexibility index (Phi) is 3.89. The second kappa shape index (κ2) is 5.67. The van der Waals surface area contributed by atoms with Crippen LogP contribution in [0.25, 0.3) is 10.9 Å². The van der Waals surface area contributed by atoms with Crippen molar-refractivity contribution in [3.8, 4) is 0 Å². The molecule has 0 spiro atoms. The molecule has 0 radical (unpaired) electrons. The van der Waals surface area contributed by atoms with Gasteiger partial charge in [-0.3, -0.25) is 9.89 Å². The van der Waals surface area contributed by atoms with Crippen molar-refractivity contribution in [2.75, 3.05) is 31.1 Å². The molecule has 1 saturated heterocycles. The number of amides is 1. The number of H-pyrrole nitrogens is 1. The van der Waals surface area contributed by atoms with E-state index in [1.165, 1.54) is 5.69 Å². The van der Waals surface area contributed by atoms with Crippen molar-refractivity contribution in [1.82, 2.24) is 15.1 Å². The van der Waals surface area contributed by atoms with E-state index in [0.29, 0.717) is 0 Å². The third-order valence-electron chi connectivity index (χ3n) is 3.93. The van der Waals surface area contributed by atoms with Gasteiger partial charge in [0.15, 0.2) is 0 Å². The van der Waals surface area contributed by atoms with Gasteiger partial charge < -0.3 is 9.80 Å². The normalized spacial score (nSPS) is 16.0. The molecule has 0 saturated carbocycles. The zero-order valence-corrected chi connectivity index (χ0v) is 13.9. The minimum Gasteiger partial charge on any atom is -0.367 e. The Labute approximate surface area is 132 Å². The maximum Gasteiger partial charge on any atom is 0.225 e. The summed E-state index contributed by atoms with van der Waals surface area (Å²) in [5.41, 5.74) is 2.20. The zero-order chi connectivity index (χ0) is 15.0. The average molecular weight is 351 g/mol. The molecule has 112 valence electrons. The number of hydrogen-bond acceptors (Lipinski definition) is 3. The summed E-state index contributed by atoms with van der Waals surface area (Å²) in [7, 11) is 0. The number of anilines is 1. The number of carbonyl (C=O) groups is 1. The molecule has 0 aliphatic carbocycles. The van der Waals surface area contributed by atoms with Crippen LogP contribution in [0.2, 0.25) is 0 Å². The largest absolute Gasteiger partial charge is 0.367 e. The van der Waals surface area contributed by atoms with Gasteiger partial charge in [-0.1, -0.05) is 29.8 Å². The summed E-state index contributed by atoms with van der Waals surface area (Å²) in [5, 5.41) is 8.26. The third kappa shape index (κ3) is 2.77. The predicted molar refractivity (Wildman–Crippen MR) is 87.4 cm³/mol. The van der Waals surface area contributed by atoms with Crippen molar-refractivity contribution in [2.24, 2.45) is 5.92 Å². The molecule has 6 heteroatoms. The fourth-order valence-corrected chi connectivity index (χ4v) is 3.24. The molecule has 3 rings (SSSR count). The molecular formula is C15H19BrN4O. The van der Waals surface area contributed by atoms with Crippen molar-refractivity contribution < 1.29 is 4.79 Å². The van der Waals surface area contributed by atoms with Crippen LogP contribution in [0.5, 0.6) is 0 Å². The predicted octanol–water partition coefficient (Wildman–Crippen LogP) is 2.63. The highest BCUT2D eigenvalue weighted by atomic mass is 79.9. The van der Waals surface area contributed by atoms with Crippen LogP contribution >= 0.6 is 15.9 Å². The number of aromatic amines is 1. The van der Waals surface area contributed by atoms with Gasteiger partial charge in [-0.25, -0.2) is 0 Å². The lowest BCUT2D eigenvalue weighted by Gasteiger charge is -2.37. The Morgan fingerprint density at radius 3 is 2.67 bits per heavy atom. The van der Waals surface area contributed by atoms with E-state index in [4.69, 9.17) is 0 Å². The number of benzene rings is 1. The summed E-state index contributed by atoms with van der Waals surface area (Å²) in [5.74, 6) is 0.320. The molecule has 1 fully saturated rings. The summed E-state index contributed by atoms with van der Waals surface area (Å²) in [6, 6.07) is 4.15. The van der Waals surface area contributed by atoms with E-state index in [1.54, 1.807) is 0 Å². The third-order valence-corrected chi connectivity index (χ3v) is 4.39. The molecule has 0 atom stereocenters. The molecular weight excluding hydrogens is 332 g/mol. The van der Waals surface area contributed by atoms with E-state index < -0.39 is 0 Å². The SMILES string of the molecule is CC(C)C(=O)N1CCN(c2cc(Br)cc3[nH]ncc23)CC1. The van der Waals surface area contributed by atoms with E-state index in [1.807, 2.05) is 31.0 Å². The van der Waals surface area contributed by atoms with Crippen LogP contribution < -0.4 is 4.90 Å². The van der Waals surface area contributed by atoms with Gasteiger partial charge >= 0.3 is 0 Å². The van der Waals surface area contributed by atoms with Crippen LogP contribution in [0.1, 0.15) is 13.8 Å². The number of nitrogens with one attached hydrogen (secondary N) is 1. The molecule has 2 heterocycles. The van der Waals surface area contributed by atoms with E-state index in [0.717, 1.165) is 41.6 Å². The number of rotatable bonds is 2. The highest BCUT2D eigenvalue weighted by Crippen LogP contribution is 2.30. The van der Waals surface area contributed by atoms with E-state index in [2.05, 4.69) is 37.1 Å². The molecule has 1 aromatic carbocycles. The van der Waals surface area contributed by atoms with Gasteiger partial charge in [0.05, 0.1) is 11.7 Å². The Bertz CT molecular complexity index is 659. The van der Waals surface area contributed by atoms with Crippen molar-refractivity contribution in [1.29, 1.82) is 0 Å². The van der Waals surface area contributed by atoms with E-state index >= 15 is 0 Å². The number of carbonyl (C=O) groups excluding carboxylic acids is 1. The van der Waals surface area contributed by atoms with Crippen LogP contribution in [-0.2, 0) is 4.79 Å². The number of fused-ring (bicyclic) bond motifs is 1. The molecule has 1 aliphatic rings. The Morgan fingerprint density at radius 2 is 2.00 bits per heavy atom. The summed E-state index contributed by atoms with van der Waals surface area (Å²) in [4.78, 5) is 16.3. The molecule has 21 heavy (non-hydrogen) atoms. The summed E-state index contributed by atoms with van der Waals surface area (Å²) in [6.07, 6.45) is 1.86. The molecule has 5 nitrogen and oxygen atoms in total. The van der Waals surface area contributed by atoms with Gasteiger partial charge in [0.25, 0.3) is 0 Å². The number of nitrogens with zero attached hydrogens (tertiary/aromatic N) is 3. The molecule has 0 bridgehead atoms. The van der Waals surface area contributed by atoms with Gasteiger partial charge in [-0.05, 0) is 12.1 Å². The number of piperazine rings is 1. The lowest BCUT2D eigenvalue weighted by molar-refractivity contribution is -0.134. The van der Waals surface area contributed by atoms with Crippen molar-refractivity contribution in [3.63, 3.8) is 0 Å². The van der Waals surface area contributed by atoms with Crippen LogP contribution in [-0.4, -0.2) is 47.2 Å². The second-order valence-corrected chi connectivity index (χ2v) is 6.64. The minimum atomic E-state index is 0.0722. The summed E-state index contributed by atoms with van der Waals surface area (Å²) in [6.45, 7) is 7.19. The molecule has 1 amide bonds. The minimum absolute atomic E-state index is 0.0722. The van der Waals surface area contributed by atoms with Gasteiger partial charge in [-0.2, -0.15) is 5.10 Å². The fourth-order valence-electron chi connectivity index (χ4n) is 2.79. The first-order valence-corrected chi connectivity index (χ1v) is 8.02. The highest BCUT2D eigenvalue weighted by molar-refractivity contribution is 9.10. The Balaban J connectivity index is 1.80. The summed E-state index contributed by atoms with van der Waals surface area (Å²) >= 11 is 3.55. The maximum atomic E-state index is 12.1. The quantitative estimate of drug-likeness (QED) is 0.905. The zero-order valence-electron chi connectivity index (χ0n) is 12.3. The van der Waals surface area contributed by atoms with Crippen LogP contribution in [0.4, 0.5) is 5.69 Å². The molecule has 2 aromatic rings. The van der Waals surface area contributed by atoms with Gasteiger partial charge in [-0.15, -0.1) is 0 Å². The lowest BCUT2D eigenvalue weighted by atomic mass is 10.1. The topological polar surface area (TPSA) is 52.2 Å². The van der Waals surface area contributed by atoms with Crippen LogP contribution in [0, 0.1) is 5.92 Å². The van der Waals surface area contributed by atoms with Crippen molar-refractivity contribution >= 4 is 38.4 Å². The highest BCUT2D eigenvalue weighted by Gasteiger charge is 2.24. The first-order valence-electron chi connectivity index (χ1n) is 7.22. The molecule has 0 unspecified atom stereocenters. The standard InChI is InChI=1S/C15H19BrN4O/c1-10(2)15(21)20-5-3-19(4-6-20)14-8-11(16)7-13-12(14)9-17-18-13/h7-10H,3-6H2,1-2H3,(H,17,18). The number of halogens is 1. The second-order valence-electron chi connectivity index (χ2n) is 5.72. The maximum absolute atomic E-state index is 12.1. The fraction of sp³-hybridized carbons (Fsp3) is 0.467. The first kappa shape index (κ1) is 14.4. The molecule has 1 N–H and O–H groups in total. The molecule has 1 aliphatic heterocycles. The lowest BCUT2D eigenvalue weighted by Crippen LogP contribution is -2.50. The van der Waals surface area contributed by atoms with Crippen molar-refractivity contribution in [2.45, 2.75) is 13.8 Å². The van der Waals surface area contributed by atoms with Crippen LogP contribution in [0.15, 0.2) is 22.8 Å². The summed E-state index contributed by atoms with van der Waals surface area (Å²) < 4.78 is 1.04. The van der Waals surface area contributed by atoms with Gasteiger partial charge in [0.2, 0.25) is 5.91 Å². The smallest absolute Gasteiger partial charge is 0.225 e. The van der Waals surface area contributed by atoms with Gasteiger partial charge in [0.1, 0.15) is 0 Å². The Hall–Kier alpha value is -1.56. The monoisotopic (exact) mass is 350 g/mol. The Morgan fingerprint density at radius 1 is 1.29 bits per heavy atom. The number of hydrogen-bond donors (Lipinski definition) is 1. The molecule has 1 aromatic heterocycles. The van der Waals surface area contributed by atoms with Crippen LogP contribution in [0.3, 0.4) is 0 Å². The van der Waals surface area contributed by atoms with Gasteiger partial charge in [0, 0.05) is 47.6 Å². The number of aromatic nitrogens is 2. The van der Waals surface area contributed by atoms with E-state index in [-0.39, 0.29) is 11.8 Å². The van der Waals surface area contributed by atoms with Crippen molar-refractivity contribution in [3.05, 3.63) is 22.8 Å².